The number of nitrogens with zero attached hydrogens (tertiary/aromatic N) is 3. The molecule has 4 heteroatoms. The quantitative estimate of drug-likeness (QED) is 0.891. The SMILES string of the molecule is Cc1ccc(CN(C)Cc2ccnc(N)n2)cc1. The van der Waals surface area contributed by atoms with Crippen LogP contribution in [-0.2, 0) is 13.1 Å². The molecule has 1 heterocycles. The van der Waals surface area contributed by atoms with Crippen molar-refractivity contribution in [2.75, 3.05) is 12.8 Å². The number of hydrogen-bond donors (Lipinski definition) is 1. The summed E-state index contributed by atoms with van der Waals surface area (Å²) in [5, 5.41) is 0. The van der Waals surface area contributed by atoms with Crippen LogP contribution in [0.2, 0.25) is 0 Å². The molecular weight excluding hydrogens is 224 g/mol. The van der Waals surface area contributed by atoms with Gasteiger partial charge in [-0.25, -0.2) is 9.97 Å². The van der Waals surface area contributed by atoms with Crippen LogP contribution in [0.25, 0.3) is 0 Å². The van der Waals surface area contributed by atoms with Crippen molar-refractivity contribution in [1.29, 1.82) is 0 Å². The second-order valence-electron chi connectivity index (χ2n) is 4.56. The number of benzene rings is 1. The van der Waals surface area contributed by atoms with Crippen LogP contribution in [0.15, 0.2) is 36.5 Å². The Kier molecular flexibility index (Phi) is 3.89. The normalized spacial score (nSPS) is 10.8. The molecule has 2 aromatic rings. The summed E-state index contributed by atoms with van der Waals surface area (Å²) in [6.07, 6.45) is 1.69. The van der Waals surface area contributed by atoms with Gasteiger partial charge in [0.15, 0.2) is 0 Å². The Morgan fingerprint density at radius 2 is 1.83 bits per heavy atom. The van der Waals surface area contributed by atoms with Crippen molar-refractivity contribution in [1.82, 2.24) is 14.9 Å². The van der Waals surface area contributed by atoms with Crippen LogP contribution in [0.4, 0.5) is 5.95 Å². The van der Waals surface area contributed by atoms with Gasteiger partial charge in [-0.3, -0.25) is 4.90 Å². The Morgan fingerprint density at radius 1 is 1.11 bits per heavy atom. The summed E-state index contributed by atoms with van der Waals surface area (Å²) in [7, 11) is 2.07. The number of nitrogens with two attached hydrogens (primary N) is 1. The van der Waals surface area contributed by atoms with E-state index in [2.05, 4.69) is 53.1 Å². The first-order valence-corrected chi connectivity index (χ1v) is 5.95. The molecule has 4 nitrogen and oxygen atoms in total. The molecule has 0 spiro atoms. The summed E-state index contributed by atoms with van der Waals surface area (Å²) in [5.41, 5.74) is 9.08. The summed E-state index contributed by atoms with van der Waals surface area (Å²) >= 11 is 0. The highest BCUT2D eigenvalue weighted by molar-refractivity contribution is 5.21. The second-order valence-corrected chi connectivity index (χ2v) is 4.56. The monoisotopic (exact) mass is 242 g/mol. The predicted octanol–water partition coefficient (Wildman–Crippen LogP) is 2.00. The Balaban J connectivity index is 1.96. The van der Waals surface area contributed by atoms with E-state index in [-0.39, 0.29) is 0 Å². The Morgan fingerprint density at radius 3 is 2.50 bits per heavy atom. The molecule has 2 rings (SSSR count). The van der Waals surface area contributed by atoms with Gasteiger partial charge in [-0.05, 0) is 25.6 Å². The highest BCUT2D eigenvalue weighted by atomic mass is 15.1. The zero-order chi connectivity index (χ0) is 13.0. The van der Waals surface area contributed by atoms with Crippen LogP contribution >= 0.6 is 0 Å². The Hall–Kier alpha value is -1.94. The van der Waals surface area contributed by atoms with Crippen LogP contribution in [0.5, 0.6) is 0 Å². The van der Waals surface area contributed by atoms with Gasteiger partial charge in [-0.1, -0.05) is 29.8 Å². The van der Waals surface area contributed by atoms with Gasteiger partial charge in [0.2, 0.25) is 5.95 Å². The third-order valence-electron chi connectivity index (χ3n) is 2.74. The van der Waals surface area contributed by atoms with E-state index in [0.29, 0.717) is 5.95 Å². The molecule has 94 valence electrons. The molecule has 0 atom stereocenters. The molecule has 0 aliphatic carbocycles. The van der Waals surface area contributed by atoms with Gasteiger partial charge in [0.25, 0.3) is 0 Å². The summed E-state index contributed by atoms with van der Waals surface area (Å²) in [6.45, 7) is 3.75. The van der Waals surface area contributed by atoms with Crippen LogP contribution in [0, 0.1) is 6.92 Å². The molecule has 0 saturated carbocycles. The lowest BCUT2D eigenvalue weighted by Crippen LogP contribution is -2.18. The smallest absolute Gasteiger partial charge is 0.220 e. The number of rotatable bonds is 4. The van der Waals surface area contributed by atoms with Crippen molar-refractivity contribution >= 4 is 5.95 Å². The van der Waals surface area contributed by atoms with Crippen LogP contribution in [-0.4, -0.2) is 21.9 Å². The molecule has 0 saturated heterocycles. The van der Waals surface area contributed by atoms with E-state index in [9.17, 15) is 0 Å². The third kappa shape index (κ3) is 3.53. The number of aryl methyl sites for hydroxylation is 1. The van der Waals surface area contributed by atoms with E-state index in [0.717, 1.165) is 18.8 Å². The fourth-order valence-corrected chi connectivity index (χ4v) is 1.84. The summed E-state index contributed by atoms with van der Waals surface area (Å²) < 4.78 is 0. The lowest BCUT2D eigenvalue weighted by atomic mass is 10.1. The fraction of sp³-hybridized carbons (Fsp3) is 0.286. The lowest BCUT2D eigenvalue weighted by molar-refractivity contribution is 0.315. The van der Waals surface area contributed by atoms with Gasteiger partial charge >= 0.3 is 0 Å². The molecule has 0 radical (unpaired) electrons. The summed E-state index contributed by atoms with van der Waals surface area (Å²) in [5.74, 6) is 0.330. The average Bonchev–Trinajstić information content (AvgIpc) is 2.32. The van der Waals surface area contributed by atoms with Crippen molar-refractivity contribution in [3.8, 4) is 0 Å². The van der Waals surface area contributed by atoms with E-state index in [1.165, 1.54) is 11.1 Å². The summed E-state index contributed by atoms with van der Waals surface area (Å²) in [4.78, 5) is 10.3. The maximum absolute atomic E-state index is 5.56. The molecule has 0 aliphatic rings. The zero-order valence-corrected chi connectivity index (χ0v) is 10.8. The van der Waals surface area contributed by atoms with Gasteiger partial charge in [0.1, 0.15) is 0 Å². The molecule has 0 amide bonds. The first-order chi connectivity index (χ1) is 8.63. The lowest BCUT2D eigenvalue weighted by Gasteiger charge is -2.16. The molecule has 0 unspecified atom stereocenters. The van der Waals surface area contributed by atoms with Gasteiger partial charge in [0, 0.05) is 19.3 Å². The van der Waals surface area contributed by atoms with E-state index < -0.39 is 0 Å². The van der Waals surface area contributed by atoms with E-state index in [1.807, 2.05) is 6.07 Å². The van der Waals surface area contributed by atoms with Gasteiger partial charge in [-0.15, -0.1) is 0 Å². The fourth-order valence-electron chi connectivity index (χ4n) is 1.84. The highest BCUT2D eigenvalue weighted by Crippen LogP contribution is 2.08. The topological polar surface area (TPSA) is 55.0 Å². The minimum Gasteiger partial charge on any atom is -0.368 e. The predicted molar refractivity (Wildman–Crippen MR) is 72.8 cm³/mol. The molecule has 18 heavy (non-hydrogen) atoms. The largest absolute Gasteiger partial charge is 0.368 e. The van der Waals surface area contributed by atoms with E-state index in [4.69, 9.17) is 5.73 Å². The van der Waals surface area contributed by atoms with Crippen molar-refractivity contribution < 1.29 is 0 Å². The van der Waals surface area contributed by atoms with Crippen molar-refractivity contribution in [2.45, 2.75) is 20.0 Å². The summed E-state index contributed by atoms with van der Waals surface area (Å²) in [6, 6.07) is 10.5. The molecular formula is C14H18N4. The number of aromatic nitrogens is 2. The van der Waals surface area contributed by atoms with Crippen LogP contribution in [0.3, 0.4) is 0 Å². The van der Waals surface area contributed by atoms with E-state index >= 15 is 0 Å². The molecule has 1 aromatic heterocycles. The van der Waals surface area contributed by atoms with Crippen molar-refractivity contribution in [3.63, 3.8) is 0 Å². The number of hydrogen-bond acceptors (Lipinski definition) is 4. The molecule has 1 aromatic carbocycles. The minimum atomic E-state index is 0.330. The number of anilines is 1. The maximum atomic E-state index is 5.56. The van der Waals surface area contributed by atoms with Gasteiger partial charge < -0.3 is 5.73 Å². The van der Waals surface area contributed by atoms with Crippen molar-refractivity contribution in [2.24, 2.45) is 0 Å². The Bertz CT molecular complexity index is 507. The minimum absolute atomic E-state index is 0.330. The Labute approximate surface area is 107 Å². The first-order valence-electron chi connectivity index (χ1n) is 5.95. The van der Waals surface area contributed by atoms with Gasteiger partial charge in [0.05, 0.1) is 5.69 Å². The van der Waals surface area contributed by atoms with Gasteiger partial charge in [-0.2, -0.15) is 0 Å². The second kappa shape index (κ2) is 5.60. The third-order valence-corrected chi connectivity index (χ3v) is 2.74. The zero-order valence-electron chi connectivity index (χ0n) is 10.8. The standard InChI is InChI=1S/C14H18N4/c1-11-3-5-12(6-4-11)9-18(2)10-13-7-8-16-14(15)17-13/h3-8H,9-10H2,1-2H3,(H2,15,16,17). The van der Waals surface area contributed by atoms with Crippen LogP contribution < -0.4 is 5.73 Å². The van der Waals surface area contributed by atoms with Crippen molar-refractivity contribution in [3.05, 3.63) is 53.3 Å². The molecule has 2 N–H and O–H groups in total. The first kappa shape index (κ1) is 12.5. The molecule has 0 bridgehead atoms. The van der Waals surface area contributed by atoms with Crippen LogP contribution in [0.1, 0.15) is 16.8 Å². The maximum Gasteiger partial charge on any atom is 0.220 e. The molecule has 0 aliphatic heterocycles. The average molecular weight is 242 g/mol. The van der Waals surface area contributed by atoms with E-state index in [1.54, 1.807) is 6.20 Å². The number of nitrogen functional groups attached to an aromatic ring is 1. The molecule has 0 fully saturated rings. The highest BCUT2D eigenvalue weighted by Gasteiger charge is 2.03.